The number of amides is 1. The number of rotatable bonds is 6. The summed E-state index contributed by atoms with van der Waals surface area (Å²) >= 11 is 7.59. The third-order valence-electron chi connectivity index (χ3n) is 3.57. The number of anilines is 1. The van der Waals surface area contributed by atoms with E-state index < -0.39 is 0 Å². The van der Waals surface area contributed by atoms with Crippen molar-refractivity contribution in [1.82, 2.24) is 15.3 Å². The Kier molecular flexibility index (Phi) is 5.31. The first-order chi connectivity index (χ1) is 12.1. The van der Waals surface area contributed by atoms with Crippen LogP contribution in [0.4, 0.5) is 5.82 Å². The standard InChI is InChI=1S/C18H17ClN4OS/c1-3-8-20-16(24)13-6-4-12(5-7-13)10-21-15-14-9-11(2)25-17(14)23-18(19)22-15/h3-7,9H,1,8,10H2,2H3,(H,20,24)(H,21,22,23). The van der Waals surface area contributed by atoms with E-state index in [1.54, 1.807) is 29.5 Å². The van der Waals surface area contributed by atoms with Gasteiger partial charge in [0.2, 0.25) is 5.28 Å². The van der Waals surface area contributed by atoms with Crippen LogP contribution in [0.15, 0.2) is 43.0 Å². The van der Waals surface area contributed by atoms with Gasteiger partial charge in [-0.2, -0.15) is 0 Å². The van der Waals surface area contributed by atoms with Gasteiger partial charge in [0.15, 0.2) is 0 Å². The monoisotopic (exact) mass is 372 g/mol. The fraction of sp³-hybridized carbons (Fsp3) is 0.167. The number of hydrogen-bond acceptors (Lipinski definition) is 5. The number of carbonyl (C=O) groups is 1. The maximum absolute atomic E-state index is 11.9. The number of nitrogens with one attached hydrogen (secondary N) is 2. The summed E-state index contributed by atoms with van der Waals surface area (Å²) < 4.78 is 0. The Labute approximate surface area is 154 Å². The minimum Gasteiger partial charge on any atom is -0.365 e. The Morgan fingerprint density at radius 3 is 2.80 bits per heavy atom. The van der Waals surface area contributed by atoms with Crippen LogP contribution in [0, 0.1) is 6.92 Å². The number of nitrogens with zero attached hydrogens (tertiary/aromatic N) is 2. The van der Waals surface area contributed by atoms with Crippen molar-refractivity contribution in [2.24, 2.45) is 0 Å². The number of halogens is 1. The zero-order valence-electron chi connectivity index (χ0n) is 13.7. The third kappa shape index (κ3) is 4.15. The zero-order valence-corrected chi connectivity index (χ0v) is 15.2. The second kappa shape index (κ2) is 7.63. The van der Waals surface area contributed by atoms with E-state index in [9.17, 15) is 4.79 Å². The molecule has 0 spiro atoms. The van der Waals surface area contributed by atoms with Crippen molar-refractivity contribution >= 4 is 44.9 Å². The molecule has 0 radical (unpaired) electrons. The van der Waals surface area contributed by atoms with Crippen molar-refractivity contribution in [2.75, 3.05) is 11.9 Å². The summed E-state index contributed by atoms with van der Waals surface area (Å²) in [6.45, 7) is 6.64. The summed E-state index contributed by atoms with van der Waals surface area (Å²) in [5.74, 6) is 0.601. The molecule has 0 saturated carbocycles. The first kappa shape index (κ1) is 17.4. The molecule has 128 valence electrons. The van der Waals surface area contributed by atoms with E-state index in [0.29, 0.717) is 24.5 Å². The molecule has 1 aromatic carbocycles. The molecule has 3 aromatic rings. The van der Waals surface area contributed by atoms with Crippen molar-refractivity contribution < 1.29 is 4.79 Å². The average Bonchev–Trinajstić information content (AvgIpc) is 2.98. The molecular formula is C18H17ClN4OS. The predicted molar refractivity (Wildman–Crippen MR) is 103 cm³/mol. The summed E-state index contributed by atoms with van der Waals surface area (Å²) in [6.07, 6.45) is 1.65. The van der Waals surface area contributed by atoms with Crippen LogP contribution in [0.1, 0.15) is 20.8 Å². The van der Waals surface area contributed by atoms with Gasteiger partial charge in [-0.1, -0.05) is 18.2 Å². The highest BCUT2D eigenvalue weighted by atomic mass is 35.5. The van der Waals surface area contributed by atoms with E-state index in [0.717, 1.165) is 20.7 Å². The molecule has 1 amide bonds. The highest BCUT2D eigenvalue weighted by Gasteiger charge is 2.10. The molecule has 2 heterocycles. The Bertz CT molecular complexity index is 921. The number of aryl methyl sites for hydroxylation is 1. The van der Waals surface area contributed by atoms with E-state index in [1.807, 2.05) is 25.1 Å². The zero-order chi connectivity index (χ0) is 17.8. The fourth-order valence-corrected chi connectivity index (χ4v) is 3.48. The second-order valence-corrected chi connectivity index (χ2v) is 7.04. The number of aromatic nitrogens is 2. The molecule has 0 unspecified atom stereocenters. The molecule has 0 aliphatic rings. The van der Waals surface area contributed by atoms with Crippen LogP contribution in [0.25, 0.3) is 10.2 Å². The minimum absolute atomic E-state index is 0.113. The summed E-state index contributed by atoms with van der Waals surface area (Å²) in [5, 5.41) is 7.24. The molecule has 2 aromatic heterocycles. The molecule has 3 rings (SSSR count). The van der Waals surface area contributed by atoms with Gasteiger partial charge >= 0.3 is 0 Å². The highest BCUT2D eigenvalue weighted by Crippen LogP contribution is 2.29. The minimum atomic E-state index is -0.113. The Balaban J connectivity index is 1.72. The van der Waals surface area contributed by atoms with E-state index in [-0.39, 0.29) is 11.2 Å². The molecule has 0 bridgehead atoms. The largest absolute Gasteiger partial charge is 0.365 e. The Morgan fingerprint density at radius 1 is 1.32 bits per heavy atom. The van der Waals surface area contributed by atoms with E-state index in [1.165, 1.54) is 0 Å². The van der Waals surface area contributed by atoms with Crippen LogP contribution in [-0.4, -0.2) is 22.4 Å². The van der Waals surface area contributed by atoms with Crippen LogP contribution in [0.5, 0.6) is 0 Å². The SMILES string of the molecule is C=CCNC(=O)c1ccc(CNc2nc(Cl)nc3sc(C)cc23)cc1. The number of fused-ring (bicyclic) bond motifs is 1. The number of hydrogen-bond donors (Lipinski definition) is 2. The molecule has 0 fully saturated rings. The Morgan fingerprint density at radius 2 is 2.08 bits per heavy atom. The normalized spacial score (nSPS) is 10.6. The number of benzene rings is 1. The van der Waals surface area contributed by atoms with Crippen LogP contribution in [0.2, 0.25) is 5.28 Å². The summed E-state index contributed by atoms with van der Waals surface area (Å²) in [6, 6.07) is 9.47. The second-order valence-electron chi connectivity index (χ2n) is 5.47. The average molecular weight is 373 g/mol. The van der Waals surface area contributed by atoms with Gasteiger partial charge in [-0.25, -0.2) is 9.97 Å². The summed E-state index contributed by atoms with van der Waals surface area (Å²) in [5.41, 5.74) is 1.65. The van der Waals surface area contributed by atoms with Crippen LogP contribution < -0.4 is 10.6 Å². The van der Waals surface area contributed by atoms with Crippen LogP contribution >= 0.6 is 22.9 Å². The molecule has 25 heavy (non-hydrogen) atoms. The van der Waals surface area contributed by atoms with Gasteiger partial charge in [0, 0.05) is 23.5 Å². The van der Waals surface area contributed by atoms with Gasteiger partial charge in [-0.05, 0) is 42.3 Å². The van der Waals surface area contributed by atoms with Crippen molar-refractivity contribution in [3.05, 3.63) is 64.3 Å². The van der Waals surface area contributed by atoms with Crippen LogP contribution in [-0.2, 0) is 6.54 Å². The molecule has 0 aliphatic carbocycles. The molecular weight excluding hydrogens is 356 g/mol. The fourth-order valence-electron chi connectivity index (χ4n) is 2.38. The first-order valence-electron chi connectivity index (χ1n) is 7.72. The van der Waals surface area contributed by atoms with Crippen LogP contribution in [0.3, 0.4) is 0 Å². The summed E-state index contributed by atoms with van der Waals surface area (Å²) in [7, 11) is 0. The van der Waals surface area contributed by atoms with Gasteiger partial charge in [-0.15, -0.1) is 17.9 Å². The van der Waals surface area contributed by atoms with E-state index in [2.05, 4.69) is 27.2 Å². The summed E-state index contributed by atoms with van der Waals surface area (Å²) in [4.78, 5) is 22.4. The molecule has 2 N–H and O–H groups in total. The van der Waals surface area contributed by atoms with Gasteiger partial charge in [0.1, 0.15) is 10.6 Å². The highest BCUT2D eigenvalue weighted by molar-refractivity contribution is 7.18. The lowest BCUT2D eigenvalue weighted by Crippen LogP contribution is -2.23. The van der Waals surface area contributed by atoms with Crippen molar-refractivity contribution in [2.45, 2.75) is 13.5 Å². The van der Waals surface area contributed by atoms with Crippen molar-refractivity contribution in [3.63, 3.8) is 0 Å². The van der Waals surface area contributed by atoms with E-state index in [4.69, 9.17) is 11.6 Å². The topological polar surface area (TPSA) is 66.9 Å². The maximum Gasteiger partial charge on any atom is 0.251 e. The Hall–Kier alpha value is -2.44. The van der Waals surface area contributed by atoms with Gasteiger partial charge in [-0.3, -0.25) is 4.79 Å². The van der Waals surface area contributed by atoms with E-state index >= 15 is 0 Å². The molecule has 0 atom stereocenters. The molecule has 0 saturated heterocycles. The lowest BCUT2D eigenvalue weighted by molar-refractivity contribution is 0.0958. The smallest absolute Gasteiger partial charge is 0.251 e. The quantitative estimate of drug-likeness (QED) is 0.503. The lowest BCUT2D eigenvalue weighted by atomic mass is 10.1. The number of carbonyl (C=O) groups excluding carboxylic acids is 1. The molecule has 5 nitrogen and oxygen atoms in total. The lowest BCUT2D eigenvalue weighted by Gasteiger charge is -2.08. The van der Waals surface area contributed by atoms with Gasteiger partial charge < -0.3 is 10.6 Å². The molecule has 0 aliphatic heterocycles. The third-order valence-corrected chi connectivity index (χ3v) is 4.69. The molecule has 7 heteroatoms. The van der Waals surface area contributed by atoms with Gasteiger partial charge in [0.05, 0.1) is 5.39 Å². The van der Waals surface area contributed by atoms with Crippen molar-refractivity contribution in [3.8, 4) is 0 Å². The predicted octanol–water partition coefficient (Wildman–Crippen LogP) is 4.18. The number of thiophene rings is 1. The van der Waals surface area contributed by atoms with Crippen molar-refractivity contribution in [1.29, 1.82) is 0 Å². The first-order valence-corrected chi connectivity index (χ1v) is 8.92. The van der Waals surface area contributed by atoms with Gasteiger partial charge in [0.25, 0.3) is 5.91 Å². The maximum atomic E-state index is 11.9.